The summed E-state index contributed by atoms with van der Waals surface area (Å²) in [5.74, 6) is 0.395. The van der Waals surface area contributed by atoms with Gasteiger partial charge in [0, 0.05) is 23.7 Å². The summed E-state index contributed by atoms with van der Waals surface area (Å²) >= 11 is 0. The Balaban J connectivity index is 2.36. The lowest BCUT2D eigenvalue weighted by atomic mass is 9.92. The van der Waals surface area contributed by atoms with Crippen molar-refractivity contribution >= 4 is 16.7 Å². The number of fused-ring (bicyclic) bond motifs is 1. The molecule has 25 heavy (non-hydrogen) atoms. The first kappa shape index (κ1) is 17.1. The molecule has 0 aliphatic heterocycles. The molecule has 3 rings (SSSR count). The number of hydrogen-bond donors (Lipinski definition) is 0. The van der Waals surface area contributed by atoms with Gasteiger partial charge in [0.25, 0.3) is 0 Å². The third-order valence-electron chi connectivity index (χ3n) is 4.97. The number of pyridine rings is 1. The summed E-state index contributed by atoms with van der Waals surface area (Å²) in [6.07, 6.45) is 0. The molecule has 0 atom stereocenters. The molecule has 0 fully saturated rings. The van der Waals surface area contributed by atoms with Crippen LogP contribution in [0.2, 0.25) is 0 Å². The van der Waals surface area contributed by atoms with Crippen molar-refractivity contribution in [2.45, 2.75) is 34.6 Å². The van der Waals surface area contributed by atoms with E-state index in [-0.39, 0.29) is 5.78 Å². The van der Waals surface area contributed by atoms with Crippen molar-refractivity contribution in [3.8, 4) is 5.88 Å². The van der Waals surface area contributed by atoms with Crippen LogP contribution in [0.25, 0.3) is 10.9 Å². The maximum absolute atomic E-state index is 13.4. The molecule has 0 N–H and O–H groups in total. The Kier molecular flexibility index (Phi) is 4.11. The number of methoxy groups -OCH3 is 1. The van der Waals surface area contributed by atoms with Gasteiger partial charge >= 0.3 is 0 Å². The van der Waals surface area contributed by atoms with Crippen LogP contribution < -0.4 is 4.74 Å². The average molecular weight is 337 g/mol. The molecule has 2 heterocycles. The highest BCUT2D eigenvalue weighted by Crippen LogP contribution is 2.32. The molecule has 5 heteroatoms. The molecule has 0 spiro atoms. The second-order valence-corrected chi connectivity index (χ2v) is 6.52. The van der Waals surface area contributed by atoms with Crippen LogP contribution in [0.4, 0.5) is 0 Å². The Hall–Kier alpha value is -2.69. The highest BCUT2D eigenvalue weighted by Gasteiger charge is 2.25. The molecule has 0 unspecified atom stereocenters. The standard InChI is InChI=1S/C20H23N3O2/c1-10-8-9-15(16-12(3)11(2)13(4)21-18(10)16)19(24)17-14(5)22-23(6)20(17)25-7/h8-9H,1-7H3. The van der Waals surface area contributed by atoms with Crippen LogP contribution in [-0.4, -0.2) is 27.7 Å². The van der Waals surface area contributed by atoms with E-state index in [9.17, 15) is 4.79 Å². The number of aryl methyl sites for hydroxylation is 5. The van der Waals surface area contributed by atoms with E-state index in [1.807, 2.05) is 39.8 Å². The first-order valence-electron chi connectivity index (χ1n) is 8.27. The summed E-state index contributed by atoms with van der Waals surface area (Å²) in [5.41, 5.74) is 6.95. The SMILES string of the molecule is COc1c(C(=O)c2ccc(C)c3nc(C)c(C)c(C)c23)c(C)nn1C. The van der Waals surface area contributed by atoms with E-state index in [1.165, 1.54) is 0 Å². The van der Waals surface area contributed by atoms with Crippen LogP contribution >= 0.6 is 0 Å². The molecular weight excluding hydrogens is 314 g/mol. The predicted octanol–water partition coefficient (Wildman–Crippen LogP) is 3.75. The van der Waals surface area contributed by atoms with Crippen molar-refractivity contribution in [3.05, 3.63) is 51.3 Å². The number of ketones is 1. The molecule has 2 aromatic heterocycles. The minimum absolute atomic E-state index is 0.0828. The molecule has 0 bridgehead atoms. The Morgan fingerprint density at radius 1 is 1.04 bits per heavy atom. The van der Waals surface area contributed by atoms with Gasteiger partial charge in [-0.2, -0.15) is 5.10 Å². The fourth-order valence-corrected chi connectivity index (χ4v) is 3.39. The Morgan fingerprint density at radius 2 is 1.72 bits per heavy atom. The van der Waals surface area contributed by atoms with E-state index in [4.69, 9.17) is 9.72 Å². The smallest absolute Gasteiger partial charge is 0.223 e. The third kappa shape index (κ3) is 2.51. The lowest BCUT2D eigenvalue weighted by Crippen LogP contribution is -2.08. The number of nitrogens with zero attached hydrogens (tertiary/aromatic N) is 3. The number of aromatic nitrogens is 3. The van der Waals surface area contributed by atoms with Gasteiger partial charge in [-0.25, -0.2) is 4.68 Å². The van der Waals surface area contributed by atoms with Crippen molar-refractivity contribution in [1.29, 1.82) is 0 Å². The Bertz CT molecular complexity index is 1020. The molecule has 5 nitrogen and oxygen atoms in total. The number of carbonyl (C=O) groups is 1. The van der Waals surface area contributed by atoms with Gasteiger partial charge in [0.15, 0.2) is 0 Å². The van der Waals surface area contributed by atoms with Crippen LogP contribution in [0.1, 0.15) is 44.0 Å². The number of hydrogen-bond acceptors (Lipinski definition) is 4. The number of rotatable bonds is 3. The van der Waals surface area contributed by atoms with Crippen molar-refractivity contribution in [1.82, 2.24) is 14.8 Å². The van der Waals surface area contributed by atoms with E-state index in [2.05, 4.69) is 12.0 Å². The molecule has 0 aliphatic carbocycles. The largest absolute Gasteiger partial charge is 0.481 e. The molecule has 0 saturated carbocycles. The first-order chi connectivity index (χ1) is 11.8. The average Bonchev–Trinajstić information content (AvgIpc) is 2.86. The minimum atomic E-state index is -0.0828. The highest BCUT2D eigenvalue weighted by atomic mass is 16.5. The zero-order valence-corrected chi connectivity index (χ0v) is 15.8. The summed E-state index contributed by atoms with van der Waals surface area (Å²) in [4.78, 5) is 18.1. The van der Waals surface area contributed by atoms with Gasteiger partial charge in [-0.3, -0.25) is 9.78 Å². The van der Waals surface area contributed by atoms with Crippen molar-refractivity contribution in [2.24, 2.45) is 7.05 Å². The van der Waals surface area contributed by atoms with Gasteiger partial charge in [0.05, 0.1) is 18.3 Å². The maximum Gasteiger partial charge on any atom is 0.223 e. The number of carbonyl (C=O) groups excluding carboxylic acids is 1. The summed E-state index contributed by atoms with van der Waals surface area (Å²) in [6.45, 7) is 9.95. The molecular formula is C20H23N3O2. The van der Waals surface area contributed by atoms with E-state index < -0.39 is 0 Å². The summed E-state index contributed by atoms with van der Waals surface area (Å²) in [6, 6.07) is 3.84. The number of ether oxygens (including phenoxy) is 1. The van der Waals surface area contributed by atoms with Gasteiger partial charge in [0.1, 0.15) is 5.56 Å². The van der Waals surface area contributed by atoms with Gasteiger partial charge in [-0.15, -0.1) is 0 Å². The molecule has 0 radical (unpaired) electrons. The third-order valence-corrected chi connectivity index (χ3v) is 4.97. The Labute approximate surface area is 147 Å². The maximum atomic E-state index is 13.4. The predicted molar refractivity (Wildman–Crippen MR) is 98.6 cm³/mol. The van der Waals surface area contributed by atoms with Gasteiger partial charge in [-0.1, -0.05) is 6.07 Å². The minimum Gasteiger partial charge on any atom is -0.481 e. The van der Waals surface area contributed by atoms with Crippen LogP contribution in [0.3, 0.4) is 0 Å². The topological polar surface area (TPSA) is 57.0 Å². The fourth-order valence-electron chi connectivity index (χ4n) is 3.39. The molecule has 0 aliphatic rings. The number of benzene rings is 1. The van der Waals surface area contributed by atoms with Crippen LogP contribution in [0.5, 0.6) is 5.88 Å². The molecule has 0 saturated heterocycles. The summed E-state index contributed by atoms with van der Waals surface area (Å²) < 4.78 is 7.01. The zero-order valence-electron chi connectivity index (χ0n) is 15.8. The summed E-state index contributed by atoms with van der Waals surface area (Å²) in [7, 11) is 3.33. The zero-order chi connectivity index (χ0) is 18.5. The second-order valence-electron chi connectivity index (χ2n) is 6.52. The molecule has 1 aromatic carbocycles. The normalized spacial score (nSPS) is 11.2. The van der Waals surface area contributed by atoms with Gasteiger partial charge < -0.3 is 4.74 Å². The second kappa shape index (κ2) is 5.99. The fraction of sp³-hybridized carbons (Fsp3) is 0.350. The van der Waals surface area contributed by atoms with E-state index in [0.29, 0.717) is 22.7 Å². The molecule has 130 valence electrons. The lowest BCUT2D eigenvalue weighted by Gasteiger charge is -2.14. The van der Waals surface area contributed by atoms with E-state index in [1.54, 1.807) is 18.8 Å². The quantitative estimate of drug-likeness (QED) is 0.683. The lowest BCUT2D eigenvalue weighted by molar-refractivity contribution is 0.103. The van der Waals surface area contributed by atoms with E-state index >= 15 is 0 Å². The molecule has 0 amide bonds. The molecule has 3 aromatic rings. The van der Waals surface area contributed by atoms with Gasteiger partial charge in [0.2, 0.25) is 11.7 Å². The van der Waals surface area contributed by atoms with E-state index in [0.717, 1.165) is 33.3 Å². The van der Waals surface area contributed by atoms with Crippen molar-refractivity contribution in [3.63, 3.8) is 0 Å². The van der Waals surface area contributed by atoms with Crippen molar-refractivity contribution in [2.75, 3.05) is 7.11 Å². The first-order valence-corrected chi connectivity index (χ1v) is 8.27. The van der Waals surface area contributed by atoms with Crippen LogP contribution in [0, 0.1) is 34.6 Å². The highest BCUT2D eigenvalue weighted by molar-refractivity contribution is 6.18. The summed E-state index contributed by atoms with van der Waals surface area (Å²) in [5, 5.41) is 5.25. The van der Waals surface area contributed by atoms with Crippen LogP contribution in [0.15, 0.2) is 12.1 Å². The van der Waals surface area contributed by atoms with Crippen LogP contribution in [-0.2, 0) is 7.05 Å². The van der Waals surface area contributed by atoms with Gasteiger partial charge in [-0.05, 0) is 57.4 Å². The monoisotopic (exact) mass is 337 g/mol. The van der Waals surface area contributed by atoms with Crippen molar-refractivity contribution < 1.29 is 9.53 Å². The Morgan fingerprint density at radius 3 is 2.36 bits per heavy atom.